The molecular formula is C26H32N+. The van der Waals surface area contributed by atoms with Crippen molar-refractivity contribution >= 4 is 0 Å². The molecule has 0 unspecified atom stereocenters. The summed E-state index contributed by atoms with van der Waals surface area (Å²) in [6.45, 7) is 20.1. The molecule has 0 bridgehead atoms. The van der Waals surface area contributed by atoms with Gasteiger partial charge in [0.15, 0.2) is 11.4 Å². The molecule has 0 spiro atoms. The maximum absolute atomic E-state index is 2.46. The molecule has 0 aliphatic rings. The molecule has 0 aliphatic carbocycles. The van der Waals surface area contributed by atoms with Crippen LogP contribution in [0.1, 0.15) is 50.3 Å². The van der Waals surface area contributed by atoms with Crippen LogP contribution in [0.25, 0.3) is 16.8 Å². The number of rotatable bonds is 2. The van der Waals surface area contributed by atoms with Gasteiger partial charge in [-0.15, -0.1) is 0 Å². The van der Waals surface area contributed by atoms with Gasteiger partial charge in [-0.3, -0.25) is 0 Å². The van der Waals surface area contributed by atoms with E-state index in [0.717, 1.165) is 0 Å². The summed E-state index contributed by atoms with van der Waals surface area (Å²) >= 11 is 0. The highest BCUT2D eigenvalue weighted by atomic mass is 15.0. The fourth-order valence-corrected chi connectivity index (χ4v) is 4.59. The van der Waals surface area contributed by atoms with Gasteiger partial charge in [-0.1, -0.05) is 29.3 Å². The second kappa shape index (κ2) is 6.96. The van der Waals surface area contributed by atoms with Crippen LogP contribution in [0.2, 0.25) is 0 Å². The summed E-state index contributed by atoms with van der Waals surface area (Å²) in [6, 6.07) is 11.4. The van der Waals surface area contributed by atoms with Gasteiger partial charge in [0.25, 0.3) is 0 Å². The zero-order chi connectivity index (χ0) is 20.0. The maximum atomic E-state index is 2.46. The number of benzene rings is 2. The zero-order valence-corrected chi connectivity index (χ0v) is 18.3. The monoisotopic (exact) mass is 358 g/mol. The highest BCUT2D eigenvalue weighted by molar-refractivity contribution is 5.74. The number of hydrogen-bond donors (Lipinski definition) is 0. The van der Waals surface area contributed by atoms with Crippen LogP contribution in [0, 0.1) is 62.3 Å². The number of aromatic nitrogens is 1. The molecule has 1 nitrogen and oxygen atoms in total. The van der Waals surface area contributed by atoms with E-state index in [9.17, 15) is 0 Å². The molecular weight excluding hydrogens is 326 g/mol. The average Bonchev–Trinajstić information content (AvgIpc) is 2.57. The van der Waals surface area contributed by atoms with E-state index in [4.69, 9.17) is 0 Å². The topological polar surface area (TPSA) is 3.88 Å². The first kappa shape index (κ1) is 19.4. The first-order chi connectivity index (χ1) is 12.6. The van der Waals surface area contributed by atoms with Crippen molar-refractivity contribution in [1.29, 1.82) is 0 Å². The van der Waals surface area contributed by atoms with Gasteiger partial charge in [-0.05, 0) is 71.7 Å². The Labute approximate surface area is 164 Å². The molecule has 3 aromatic rings. The second-order valence-corrected chi connectivity index (χ2v) is 8.20. The molecule has 0 fully saturated rings. The molecule has 0 aliphatic heterocycles. The smallest absolute Gasteiger partial charge is 0.161 e. The summed E-state index contributed by atoms with van der Waals surface area (Å²) in [5, 5.41) is 0. The molecule has 0 saturated carbocycles. The summed E-state index contributed by atoms with van der Waals surface area (Å²) in [5.41, 5.74) is 16.1. The molecule has 0 saturated heterocycles. The quantitative estimate of drug-likeness (QED) is 0.466. The minimum absolute atomic E-state index is 1.32. The van der Waals surface area contributed by atoms with Crippen LogP contribution < -0.4 is 4.57 Å². The van der Waals surface area contributed by atoms with Gasteiger partial charge >= 0.3 is 0 Å². The van der Waals surface area contributed by atoms with Crippen LogP contribution in [-0.2, 0) is 0 Å². The molecule has 1 aromatic heterocycles. The number of pyridine rings is 1. The highest BCUT2D eigenvalue weighted by Crippen LogP contribution is 2.33. The van der Waals surface area contributed by atoms with Crippen molar-refractivity contribution in [2.24, 2.45) is 0 Å². The van der Waals surface area contributed by atoms with Crippen LogP contribution >= 0.6 is 0 Å². The third-order valence-corrected chi connectivity index (χ3v) is 6.02. The lowest BCUT2D eigenvalue weighted by Gasteiger charge is -2.18. The first-order valence-corrected chi connectivity index (χ1v) is 9.81. The van der Waals surface area contributed by atoms with E-state index in [0.29, 0.717) is 0 Å². The number of nitrogens with zero attached hydrogens (tertiary/aromatic N) is 1. The van der Waals surface area contributed by atoms with E-state index < -0.39 is 0 Å². The largest absolute Gasteiger partial charge is 0.216 e. The Kier molecular flexibility index (Phi) is 4.99. The Morgan fingerprint density at radius 1 is 0.556 bits per heavy atom. The summed E-state index contributed by atoms with van der Waals surface area (Å²) in [6.07, 6.45) is 0. The molecule has 2 aromatic carbocycles. The van der Waals surface area contributed by atoms with Gasteiger partial charge in [0.2, 0.25) is 5.69 Å². The first-order valence-electron chi connectivity index (χ1n) is 9.81. The van der Waals surface area contributed by atoms with Crippen LogP contribution in [0.3, 0.4) is 0 Å². The van der Waals surface area contributed by atoms with Gasteiger partial charge in [0, 0.05) is 41.7 Å². The van der Waals surface area contributed by atoms with Crippen molar-refractivity contribution in [3.05, 3.63) is 80.7 Å². The zero-order valence-electron chi connectivity index (χ0n) is 18.3. The highest BCUT2D eigenvalue weighted by Gasteiger charge is 2.27. The van der Waals surface area contributed by atoms with Crippen molar-refractivity contribution < 1.29 is 4.57 Å². The molecule has 3 rings (SSSR count). The third kappa shape index (κ3) is 3.20. The van der Waals surface area contributed by atoms with E-state index in [-0.39, 0.29) is 0 Å². The van der Waals surface area contributed by atoms with Gasteiger partial charge in [-0.25, -0.2) is 0 Å². The molecule has 1 heteroatoms. The lowest BCUT2D eigenvalue weighted by Crippen LogP contribution is -2.41. The predicted octanol–water partition coefficient (Wildman–Crippen LogP) is 6.41. The Morgan fingerprint density at radius 3 is 1.52 bits per heavy atom. The summed E-state index contributed by atoms with van der Waals surface area (Å²) in [4.78, 5) is 0. The van der Waals surface area contributed by atoms with Gasteiger partial charge in [0.05, 0.1) is 0 Å². The minimum Gasteiger partial charge on any atom is -0.161 e. The fraction of sp³-hybridized carbons (Fsp3) is 0.346. The summed E-state index contributed by atoms with van der Waals surface area (Å²) in [7, 11) is 0. The lowest BCUT2D eigenvalue weighted by atomic mass is 9.90. The van der Waals surface area contributed by atoms with E-state index in [1.165, 1.54) is 67.1 Å². The van der Waals surface area contributed by atoms with Gasteiger partial charge in [-0.2, -0.15) is 4.57 Å². The Balaban J connectivity index is 2.37. The van der Waals surface area contributed by atoms with E-state index in [2.05, 4.69) is 97.2 Å². The maximum Gasteiger partial charge on any atom is 0.216 e. The Bertz CT molecular complexity index is 1000. The molecule has 27 heavy (non-hydrogen) atoms. The van der Waals surface area contributed by atoms with E-state index in [1.807, 2.05) is 0 Å². The second-order valence-electron chi connectivity index (χ2n) is 8.20. The average molecular weight is 359 g/mol. The molecule has 0 N–H and O–H groups in total. The summed E-state index contributed by atoms with van der Waals surface area (Å²) < 4.78 is 2.46. The standard InChI is InChI=1S/C26H32N/c1-15-10-11-24(17(3)12-15)25-20(6)22(8)27(23(9)21(25)7)26-18(4)13-16(2)14-19(26)5/h10-14H,1-9H3/q+1. The van der Waals surface area contributed by atoms with Crippen molar-refractivity contribution in [2.75, 3.05) is 0 Å². The van der Waals surface area contributed by atoms with E-state index >= 15 is 0 Å². The number of hydrogen-bond acceptors (Lipinski definition) is 0. The Hall–Kier alpha value is -2.41. The molecule has 0 atom stereocenters. The molecule has 140 valence electrons. The van der Waals surface area contributed by atoms with Gasteiger partial charge < -0.3 is 0 Å². The van der Waals surface area contributed by atoms with E-state index in [1.54, 1.807) is 0 Å². The van der Waals surface area contributed by atoms with Crippen LogP contribution in [0.5, 0.6) is 0 Å². The fourth-order valence-electron chi connectivity index (χ4n) is 4.59. The van der Waals surface area contributed by atoms with Crippen molar-refractivity contribution in [1.82, 2.24) is 0 Å². The lowest BCUT2D eigenvalue weighted by molar-refractivity contribution is -0.611. The SMILES string of the molecule is Cc1ccc(-c2c(C)c(C)[n+](-c3c(C)cc(C)cc3C)c(C)c2C)c(C)c1. The van der Waals surface area contributed by atoms with Crippen LogP contribution in [0.4, 0.5) is 0 Å². The molecule has 0 amide bonds. The van der Waals surface area contributed by atoms with Crippen molar-refractivity contribution in [2.45, 2.75) is 62.3 Å². The van der Waals surface area contributed by atoms with Crippen LogP contribution in [-0.4, -0.2) is 0 Å². The Morgan fingerprint density at radius 2 is 1.04 bits per heavy atom. The third-order valence-electron chi connectivity index (χ3n) is 6.02. The normalized spacial score (nSPS) is 11.1. The molecule has 1 heterocycles. The molecule has 0 radical (unpaired) electrons. The van der Waals surface area contributed by atoms with Crippen molar-refractivity contribution in [3.63, 3.8) is 0 Å². The predicted molar refractivity (Wildman–Crippen MR) is 116 cm³/mol. The van der Waals surface area contributed by atoms with Gasteiger partial charge in [0.1, 0.15) is 0 Å². The number of aryl methyl sites for hydroxylation is 5. The minimum atomic E-state index is 1.32. The summed E-state index contributed by atoms with van der Waals surface area (Å²) in [5.74, 6) is 0. The van der Waals surface area contributed by atoms with Crippen molar-refractivity contribution in [3.8, 4) is 16.8 Å². The van der Waals surface area contributed by atoms with Crippen LogP contribution in [0.15, 0.2) is 30.3 Å².